The number of H-pyrrole nitrogens is 1. The average molecular weight is 368 g/mol. The maximum atomic E-state index is 12.9. The molecule has 3 N–H and O–H groups in total. The van der Waals surface area contributed by atoms with Crippen LogP contribution < -0.4 is 5.73 Å². The van der Waals surface area contributed by atoms with Crippen LogP contribution in [0.25, 0.3) is 11.4 Å². The van der Waals surface area contributed by atoms with E-state index in [4.69, 9.17) is 33.7 Å². The molecule has 1 aromatic heterocycles. The topological polar surface area (TPSA) is 81.0 Å². The van der Waals surface area contributed by atoms with Crippen LogP contribution in [0.3, 0.4) is 0 Å². The van der Waals surface area contributed by atoms with Crippen molar-refractivity contribution in [2.24, 2.45) is 0 Å². The average Bonchev–Trinajstić information content (AvgIpc) is 2.91. The molecule has 1 aromatic carbocycles. The number of aromatic nitrogens is 2. The number of esters is 1. The Labute approximate surface area is 138 Å². The van der Waals surface area contributed by atoms with Crippen LogP contribution in [0.5, 0.6) is 0 Å². The van der Waals surface area contributed by atoms with Crippen molar-refractivity contribution in [2.75, 3.05) is 12.3 Å². The van der Waals surface area contributed by atoms with Crippen LogP contribution in [0, 0.1) is 0 Å². The minimum Gasteiger partial charge on any atom is -0.461 e. The Kier molecular flexibility index (Phi) is 4.76. The molecule has 0 aliphatic carbocycles. The zero-order valence-electron chi connectivity index (χ0n) is 11.6. The number of benzene rings is 1. The summed E-state index contributed by atoms with van der Waals surface area (Å²) in [5.74, 6) is -0.689. The molecule has 0 bridgehead atoms. The summed E-state index contributed by atoms with van der Waals surface area (Å²) in [6, 6.07) is 0.657. The largest absolute Gasteiger partial charge is 0.461 e. The van der Waals surface area contributed by atoms with Gasteiger partial charge in [0.05, 0.1) is 33.5 Å². The molecule has 124 valence electrons. The number of halogens is 5. The van der Waals surface area contributed by atoms with Crippen molar-refractivity contribution in [3.63, 3.8) is 0 Å². The highest BCUT2D eigenvalue weighted by Crippen LogP contribution is 2.44. The van der Waals surface area contributed by atoms with Crippen molar-refractivity contribution in [1.82, 2.24) is 9.97 Å². The highest BCUT2D eigenvalue weighted by Gasteiger charge is 2.35. The lowest BCUT2D eigenvalue weighted by atomic mass is 10.1. The summed E-state index contributed by atoms with van der Waals surface area (Å²) in [7, 11) is 0. The number of imidazole rings is 1. The molecular weight excluding hydrogens is 358 g/mol. The number of carbonyl (C=O) groups is 1. The Bertz CT molecular complexity index is 760. The third-order valence-electron chi connectivity index (χ3n) is 2.86. The molecule has 23 heavy (non-hydrogen) atoms. The first kappa shape index (κ1) is 17.4. The Balaban J connectivity index is 2.53. The van der Waals surface area contributed by atoms with Gasteiger partial charge in [-0.15, -0.1) is 0 Å². The number of rotatable bonds is 3. The van der Waals surface area contributed by atoms with Crippen molar-refractivity contribution >= 4 is 34.9 Å². The lowest BCUT2D eigenvalue weighted by Gasteiger charge is -2.14. The van der Waals surface area contributed by atoms with E-state index >= 15 is 0 Å². The molecule has 0 unspecified atom stereocenters. The summed E-state index contributed by atoms with van der Waals surface area (Å²) in [6.45, 7) is 1.77. The smallest absolute Gasteiger partial charge is 0.418 e. The number of carbonyl (C=O) groups excluding carboxylic acids is 1. The van der Waals surface area contributed by atoms with E-state index in [0.29, 0.717) is 6.07 Å². The van der Waals surface area contributed by atoms with E-state index in [2.05, 4.69) is 9.97 Å². The van der Waals surface area contributed by atoms with Crippen LogP contribution in [0.2, 0.25) is 10.0 Å². The van der Waals surface area contributed by atoms with Crippen LogP contribution in [0.15, 0.2) is 12.3 Å². The van der Waals surface area contributed by atoms with Gasteiger partial charge in [-0.1, -0.05) is 23.2 Å². The number of nitrogens with one attached hydrogen (secondary N) is 1. The van der Waals surface area contributed by atoms with Gasteiger partial charge in [0.2, 0.25) is 0 Å². The van der Waals surface area contributed by atoms with E-state index in [0.717, 1.165) is 0 Å². The molecule has 0 saturated carbocycles. The molecule has 0 saturated heterocycles. The standard InChI is InChI=1S/C13H10Cl2F3N3O2/c1-2-23-12(22)7-4-20-11(21-7)8-6(14)3-5(13(16,17)18)10(19)9(8)15/h3-4H,2,19H2,1H3,(H,20,21). The third-order valence-corrected chi connectivity index (χ3v) is 3.55. The number of nitrogens with zero attached hydrogens (tertiary/aromatic N) is 1. The lowest BCUT2D eigenvalue weighted by Crippen LogP contribution is -2.10. The van der Waals surface area contributed by atoms with Crippen molar-refractivity contribution in [3.05, 3.63) is 33.6 Å². The second-order valence-corrected chi connectivity index (χ2v) is 5.15. The molecule has 0 aliphatic rings. The molecule has 0 fully saturated rings. The number of nitrogens with two attached hydrogens (primary N) is 1. The van der Waals surface area contributed by atoms with Gasteiger partial charge >= 0.3 is 12.1 Å². The first-order chi connectivity index (χ1) is 10.7. The summed E-state index contributed by atoms with van der Waals surface area (Å²) >= 11 is 11.8. The number of hydrogen-bond acceptors (Lipinski definition) is 4. The third kappa shape index (κ3) is 3.37. The van der Waals surface area contributed by atoms with Crippen molar-refractivity contribution in [2.45, 2.75) is 13.1 Å². The van der Waals surface area contributed by atoms with Gasteiger partial charge in [-0.3, -0.25) is 0 Å². The van der Waals surface area contributed by atoms with Crippen LogP contribution in [-0.2, 0) is 10.9 Å². The molecule has 2 aromatic rings. The Morgan fingerprint density at radius 2 is 2.09 bits per heavy atom. The van der Waals surface area contributed by atoms with Gasteiger partial charge in [-0.05, 0) is 13.0 Å². The van der Waals surface area contributed by atoms with Crippen molar-refractivity contribution in [3.8, 4) is 11.4 Å². The van der Waals surface area contributed by atoms with E-state index in [9.17, 15) is 18.0 Å². The van der Waals surface area contributed by atoms with Crippen LogP contribution in [0.4, 0.5) is 18.9 Å². The number of nitrogen functional groups attached to an aromatic ring is 1. The van der Waals surface area contributed by atoms with E-state index in [1.165, 1.54) is 6.20 Å². The normalized spacial score (nSPS) is 11.6. The first-order valence-corrected chi connectivity index (χ1v) is 7.00. The number of ether oxygens (including phenoxy) is 1. The number of anilines is 1. The van der Waals surface area contributed by atoms with E-state index in [1.807, 2.05) is 0 Å². The lowest BCUT2D eigenvalue weighted by molar-refractivity contribution is -0.136. The Morgan fingerprint density at radius 1 is 1.43 bits per heavy atom. The molecule has 2 rings (SSSR count). The quantitative estimate of drug-likeness (QED) is 0.630. The zero-order valence-corrected chi connectivity index (χ0v) is 13.1. The minimum absolute atomic E-state index is 0.00322. The van der Waals surface area contributed by atoms with E-state index in [1.54, 1.807) is 6.92 Å². The second kappa shape index (κ2) is 6.29. The predicted molar refractivity (Wildman–Crippen MR) is 79.4 cm³/mol. The van der Waals surface area contributed by atoms with Gasteiger partial charge in [0.25, 0.3) is 0 Å². The number of hydrogen-bond donors (Lipinski definition) is 2. The van der Waals surface area contributed by atoms with Gasteiger partial charge in [-0.25, -0.2) is 9.78 Å². The monoisotopic (exact) mass is 367 g/mol. The highest BCUT2D eigenvalue weighted by molar-refractivity contribution is 6.40. The molecule has 0 aliphatic heterocycles. The summed E-state index contributed by atoms with van der Waals surface area (Å²) in [4.78, 5) is 18.1. The highest BCUT2D eigenvalue weighted by atomic mass is 35.5. The van der Waals surface area contributed by atoms with E-state index in [-0.39, 0.29) is 28.7 Å². The molecule has 0 amide bonds. The molecule has 0 radical (unpaired) electrons. The van der Waals surface area contributed by atoms with Crippen molar-refractivity contribution in [1.29, 1.82) is 0 Å². The molecule has 5 nitrogen and oxygen atoms in total. The van der Waals surface area contributed by atoms with E-state index < -0.39 is 28.4 Å². The predicted octanol–water partition coefficient (Wildman–Crippen LogP) is 4.16. The van der Waals surface area contributed by atoms with Gasteiger partial charge in [0.15, 0.2) is 5.69 Å². The fraction of sp³-hybridized carbons (Fsp3) is 0.231. The Morgan fingerprint density at radius 3 is 2.65 bits per heavy atom. The number of aromatic amines is 1. The zero-order chi connectivity index (χ0) is 17.4. The van der Waals surface area contributed by atoms with Crippen LogP contribution in [0.1, 0.15) is 23.0 Å². The fourth-order valence-corrected chi connectivity index (χ4v) is 2.48. The minimum atomic E-state index is -4.70. The second-order valence-electron chi connectivity index (χ2n) is 4.36. The van der Waals surface area contributed by atoms with Gasteiger partial charge < -0.3 is 15.5 Å². The molecule has 0 atom stereocenters. The Hall–Kier alpha value is -1.93. The number of alkyl halides is 3. The van der Waals surface area contributed by atoms with Crippen molar-refractivity contribution < 1.29 is 22.7 Å². The summed E-state index contributed by atoms with van der Waals surface area (Å²) in [5.41, 5.74) is 3.53. The van der Waals surface area contributed by atoms with Crippen LogP contribution >= 0.6 is 23.2 Å². The van der Waals surface area contributed by atoms with Gasteiger partial charge in [-0.2, -0.15) is 13.2 Å². The molecule has 1 heterocycles. The summed E-state index contributed by atoms with van der Waals surface area (Å²) < 4.78 is 43.3. The van der Waals surface area contributed by atoms with Gasteiger partial charge in [0.1, 0.15) is 5.82 Å². The summed E-state index contributed by atoms with van der Waals surface area (Å²) in [5, 5.41) is -0.712. The maximum absolute atomic E-state index is 12.9. The first-order valence-electron chi connectivity index (χ1n) is 6.24. The van der Waals surface area contributed by atoms with Gasteiger partial charge in [0, 0.05) is 6.20 Å². The SMILES string of the molecule is CCOC(=O)c1c[nH]c(-c2c(Cl)cc(C(F)(F)F)c(N)c2Cl)n1. The molecule has 0 spiro atoms. The maximum Gasteiger partial charge on any atom is 0.418 e. The van der Waals surface area contributed by atoms with Crippen LogP contribution in [-0.4, -0.2) is 22.5 Å². The molecular formula is C13H10Cl2F3N3O2. The molecule has 10 heteroatoms. The summed E-state index contributed by atoms with van der Waals surface area (Å²) in [6.07, 6.45) is -3.47. The fourth-order valence-electron chi connectivity index (χ4n) is 1.85.